The van der Waals surface area contributed by atoms with Gasteiger partial charge >= 0.3 is 12.1 Å². The average molecular weight is 483 g/mol. The highest BCUT2D eigenvalue weighted by Crippen LogP contribution is 2.36. The predicted octanol–water partition coefficient (Wildman–Crippen LogP) is 4.80. The summed E-state index contributed by atoms with van der Waals surface area (Å²) < 4.78 is 43.6. The van der Waals surface area contributed by atoms with E-state index >= 15 is 0 Å². The Kier molecular flexibility index (Phi) is 10.5. The lowest BCUT2D eigenvalue weighted by atomic mass is 9.89. The van der Waals surface area contributed by atoms with Gasteiger partial charge in [-0.05, 0) is 56.7 Å². The van der Waals surface area contributed by atoms with Gasteiger partial charge in [0.2, 0.25) is 0 Å². The molecule has 0 saturated heterocycles. The number of allylic oxidation sites excluding steroid dienone is 3. The number of carbonyl (C=O) groups is 2. The van der Waals surface area contributed by atoms with Crippen molar-refractivity contribution in [2.24, 2.45) is 11.8 Å². The van der Waals surface area contributed by atoms with Crippen LogP contribution in [-0.4, -0.2) is 40.3 Å². The Morgan fingerprint density at radius 3 is 2.59 bits per heavy atom. The number of hydrogen-bond donors (Lipinski definition) is 2. The number of alkyl halides is 3. The molecule has 0 aliphatic heterocycles. The van der Waals surface area contributed by atoms with Crippen LogP contribution in [-0.2, 0) is 26.9 Å². The van der Waals surface area contributed by atoms with E-state index in [1.165, 1.54) is 18.2 Å². The van der Waals surface area contributed by atoms with Gasteiger partial charge in [-0.15, -0.1) is 0 Å². The predicted molar refractivity (Wildman–Crippen MR) is 122 cm³/mol. The maximum Gasteiger partial charge on any atom is 0.416 e. The van der Waals surface area contributed by atoms with Crippen molar-refractivity contribution in [3.8, 4) is 0 Å². The molecule has 2 rings (SSSR count). The molecule has 0 unspecified atom stereocenters. The van der Waals surface area contributed by atoms with Gasteiger partial charge in [0.15, 0.2) is 5.78 Å². The van der Waals surface area contributed by atoms with E-state index in [2.05, 4.69) is 0 Å². The van der Waals surface area contributed by atoms with E-state index in [1.807, 2.05) is 12.2 Å². The normalized spacial score (nSPS) is 23.3. The summed E-state index contributed by atoms with van der Waals surface area (Å²) in [6.45, 7) is 3.59. The number of aliphatic hydroxyl groups is 2. The SMILES string of the molecule is CC(C)OC(=O)CCC/C=C\C[C@@H]1[C@@H](/C=C/C(=O)Cc2cccc(C(F)(F)F)c2)[C@H](O)C[C@@H]1O. The zero-order chi connectivity index (χ0) is 25.3. The highest BCUT2D eigenvalue weighted by molar-refractivity contribution is 5.91. The molecule has 1 aromatic carbocycles. The fourth-order valence-corrected chi connectivity index (χ4v) is 4.10. The number of hydrogen-bond acceptors (Lipinski definition) is 5. The summed E-state index contributed by atoms with van der Waals surface area (Å²) in [6.07, 6.45) is 2.64. The van der Waals surface area contributed by atoms with Gasteiger partial charge in [-0.1, -0.05) is 36.4 Å². The lowest BCUT2D eigenvalue weighted by molar-refractivity contribution is -0.147. The van der Waals surface area contributed by atoms with Crippen LogP contribution in [0.15, 0.2) is 48.6 Å². The second-order valence-electron chi connectivity index (χ2n) is 8.95. The van der Waals surface area contributed by atoms with Crippen LogP contribution in [0.1, 0.15) is 57.1 Å². The minimum Gasteiger partial charge on any atom is -0.463 e. The van der Waals surface area contributed by atoms with Crippen molar-refractivity contribution in [2.75, 3.05) is 0 Å². The molecule has 1 aliphatic rings. The minimum atomic E-state index is -4.48. The summed E-state index contributed by atoms with van der Waals surface area (Å²) in [5.74, 6) is -1.34. The van der Waals surface area contributed by atoms with Crippen molar-refractivity contribution < 1.29 is 37.7 Å². The van der Waals surface area contributed by atoms with Crippen LogP contribution in [0.4, 0.5) is 13.2 Å². The number of benzene rings is 1. The highest BCUT2D eigenvalue weighted by Gasteiger charge is 2.39. The largest absolute Gasteiger partial charge is 0.463 e. The quantitative estimate of drug-likeness (QED) is 0.205. The molecule has 0 amide bonds. The fourth-order valence-electron chi connectivity index (χ4n) is 4.10. The standard InChI is InChI=1S/C26H33F3O5/c1-17(2)34-25(33)11-6-4-3-5-10-21-22(24(32)16-23(21)31)13-12-20(30)15-18-8-7-9-19(14-18)26(27,28)29/h3,5,7-9,12-14,17,21-24,31-32H,4,6,10-11,15-16H2,1-2H3/b5-3-,13-12+/t21-,22-,23+,24-/m1/s1. The summed E-state index contributed by atoms with van der Waals surface area (Å²) in [5, 5.41) is 20.6. The second-order valence-corrected chi connectivity index (χ2v) is 8.95. The number of unbranched alkanes of at least 4 members (excludes halogenated alkanes) is 1. The molecule has 2 N–H and O–H groups in total. The number of aliphatic hydroxyl groups excluding tert-OH is 2. The molecule has 0 aromatic heterocycles. The average Bonchev–Trinajstić information content (AvgIpc) is 3.00. The topological polar surface area (TPSA) is 83.8 Å². The Balaban J connectivity index is 1.88. The van der Waals surface area contributed by atoms with E-state index < -0.39 is 29.9 Å². The van der Waals surface area contributed by atoms with Crippen LogP contribution in [0.2, 0.25) is 0 Å². The van der Waals surface area contributed by atoms with Crippen molar-refractivity contribution >= 4 is 11.8 Å². The first-order chi connectivity index (χ1) is 16.0. The molecule has 1 aliphatic carbocycles. The van der Waals surface area contributed by atoms with E-state index in [9.17, 15) is 33.0 Å². The van der Waals surface area contributed by atoms with Gasteiger partial charge in [-0.25, -0.2) is 0 Å². The Bertz CT molecular complexity index is 875. The third kappa shape index (κ3) is 9.06. The van der Waals surface area contributed by atoms with Gasteiger partial charge < -0.3 is 14.9 Å². The number of halogens is 3. The Labute approximate surface area is 198 Å². The van der Waals surface area contributed by atoms with Gasteiger partial charge in [-0.2, -0.15) is 13.2 Å². The third-order valence-corrected chi connectivity index (χ3v) is 5.75. The molecule has 0 spiro atoms. The van der Waals surface area contributed by atoms with E-state index in [0.717, 1.165) is 12.1 Å². The molecule has 4 atom stereocenters. The molecule has 1 fully saturated rings. The van der Waals surface area contributed by atoms with E-state index in [4.69, 9.17) is 4.74 Å². The van der Waals surface area contributed by atoms with Crippen molar-refractivity contribution in [3.05, 3.63) is 59.7 Å². The van der Waals surface area contributed by atoms with Crippen LogP contribution in [0, 0.1) is 11.8 Å². The zero-order valence-electron chi connectivity index (χ0n) is 19.5. The van der Waals surface area contributed by atoms with Crippen molar-refractivity contribution in [2.45, 2.75) is 76.9 Å². The number of carbonyl (C=O) groups excluding carboxylic acids is 2. The van der Waals surface area contributed by atoms with Crippen LogP contribution < -0.4 is 0 Å². The maximum atomic E-state index is 12.9. The number of esters is 1. The van der Waals surface area contributed by atoms with Crippen LogP contribution >= 0.6 is 0 Å². The molecule has 5 nitrogen and oxygen atoms in total. The highest BCUT2D eigenvalue weighted by atomic mass is 19.4. The Hall–Kier alpha value is -2.45. The first-order valence-corrected chi connectivity index (χ1v) is 11.5. The van der Waals surface area contributed by atoms with Crippen molar-refractivity contribution in [1.29, 1.82) is 0 Å². The maximum absolute atomic E-state index is 12.9. The third-order valence-electron chi connectivity index (χ3n) is 5.75. The number of rotatable bonds is 11. The van der Waals surface area contributed by atoms with Crippen LogP contribution in [0.25, 0.3) is 0 Å². The van der Waals surface area contributed by atoms with Gasteiger partial charge in [0.1, 0.15) is 0 Å². The molecule has 0 radical (unpaired) electrons. The smallest absolute Gasteiger partial charge is 0.416 e. The van der Waals surface area contributed by atoms with Gasteiger partial charge in [0.05, 0.1) is 23.9 Å². The molecule has 188 valence electrons. The van der Waals surface area contributed by atoms with Crippen LogP contribution in [0.3, 0.4) is 0 Å². The Morgan fingerprint density at radius 2 is 1.91 bits per heavy atom. The van der Waals surface area contributed by atoms with Crippen molar-refractivity contribution in [1.82, 2.24) is 0 Å². The van der Waals surface area contributed by atoms with Gasteiger partial charge in [0, 0.05) is 25.2 Å². The monoisotopic (exact) mass is 482 g/mol. The van der Waals surface area contributed by atoms with Crippen LogP contribution in [0.5, 0.6) is 0 Å². The summed E-state index contributed by atoms with van der Waals surface area (Å²) >= 11 is 0. The van der Waals surface area contributed by atoms with Gasteiger partial charge in [-0.3, -0.25) is 9.59 Å². The summed E-state index contributed by atoms with van der Waals surface area (Å²) in [7, 11) is 0. The molecular formula is C26H33F3O5. The molecule has 1 saturated carbocycles. The zero-order valence-corrected chi connectivity index (χ0v) is 19.5. The van der Waals surface area contributed by atoms with E-state index in [1.54, 1.807) is 19.9 Å². The Morgan fingerprint density at radius 1 is 1.18 bits per heavy atom. The molecule has 34 heavy (non-hydrogen) atoms. The second kappa shape index (κ2) is 12.9. The number of ether oxygens (including phenoxy) is 1. The summed E-state index contributed by atoms with van der Waals surface area (Å²) in [4.78, 5) is 23.8. The molecule has 0 heterocycles. The van der Waals surface area contributed by atoms with Gasteiger partial charge in [0.25, 0.3) is 0 Å². The first kappa shape index (κ1) is 27.8. The minimum absolute atomic E-state index is 0.139. The number of ketones is 1. The molecule has 1 aromatic rings. The lowest BCUT2D eigenvalue weighted by Gasteiger charge is -2.19. The van der Waals surface area contributed by atoms with Crippen molar-refractivity contribution in [3.63, 3.8) is 0 Å². The summed E-state index contributed by atoms with van der Waals surface area (Å²) in [5.41, 5.74) is -0.548. The molecule has 0 bridgehead atoms. The fraction of sp³-hybridized carbons (Fsp3) is 0.538. The summed E-state index contributed by atoms with van der Waals surface area (Å²) in [6, 6.07) is 4.64. The lowest BCUT2D eigenvalue weighted by Crippen LogP contribution is -2.20. The molecule has 8 heteroatoms. The van der Waals surface area contributed by atoms with E-state index in [-0.39, 0.29) is 42.2 Å². The molecular weight excluding hydrogens is 449 g/mol. The van der Waals surface area contributed by atoms with E-state index in [0.29, 0.717) is 25.7 Å². The first-order valence-electron chi connectivity index (χ1n) is 11.5.